The van der Waals surface area contributed by atoms with E-state index in [-0.39, 0.29) is 11.8 Å². The lowest BCUT2D eigenvalue weighted by molar-refractivity contribution is 0.0246. The lowest BCUT2D eigenvalue weighted by atomic mass is 9.95. The summed E-state index contributed by atoms with van der Waals surface area (Å²) < 4.78 is 0. The summed E-state index contributed by atoms with van der Waals surface area (Å²) in [5.74, 6) is 1.12. The van der Waals surface area contributed by atoms with Crippen LogP contribution in [0.15, 0.2) is 23.1 Å². The Bertz CT molecular complexity index is 495. The van der Waals surface area contributed by atoms with Crippen LogP contribution in [0.1, 0.15) is 30.6 Å². The number of carbonyl (C=O) groups is 1. The number of amides is 1. The van der Waals surface area contributed by atoms with Crippen molar-refractivity contribution in [2.75, 3.05) is 18.8 Å². The maximum absolute atomic E-state index is 12.6. The summed E-state index contributed by atoms with van der Waals surface area (Å²) in [5, 5.41) is 10.5. The van der Waals surface area contributed by atoms with Gasteiger partial charge in [0.05, 0.1) is 11.7 Å². The third-order valence-corrected chi connectivity index (χ3v) is 4.87. The van der Waals surface area contributed by atoms with Crippen molar-refractivity contribution in [3.63, 3.8) is 0 Å². The van der Waals surface area contributed by atoms with E-state index in [1.165, 1.54) is 0 Å². The van der Waals surface area contributed by atoms with Gasteiger partial charge in [0.25, 0.3) is 5.91 Å². The van der Waals surface area contributed by atoms with E-state index < -0.39 is 6.10 Å². The third kappa shape index (κ3) is 3.48. The quantitative estimate of drug-likeness (QED) is 0.871. The second-order valence-corrected chi connectivity index (χ2v) is 6.90. The van der Waals surface area contributed by atoms with Crippen LogP contribution >= 0.6 is 23.4 Å². The van der Waals surface area contributed by atoms with Gasteiger partial charge in [-0.15, -0.1) is 11.8 Å². The first-order chi connectivity index (χ1) is 9.52. The van der Waals surface area contributed by atoms with E-state index in [0.717, 1.165) is 17.1 Å². The van der Waals surface area contributed by atoms with Gasteiger partial charge in [0.2, 0.25) is 0 Å². The number of piperidine rings is 1. The standard InChI is InChI=1S/C15H20ClNO2S/c1-3-20-14-5-4-11(16)8-12(14)15(19)17-7-6-10(2)13(18)9-17/h4-5,8,10,13,18H,3,6-7,9H2,1-2H3. The molecule has 0 aromatic heterocycles. The molecule has 1 aromatic rings. The van der Waals surface area contributed by atoms with Crippen molar-refractivity contribution in [1.82, 2.24) is 4.90 Å². The molecule has 2 rings (SSSR count). The molecule has 1 fully saturated rings. The van der Waals surface area contributed by atoms with Crippen LogP contribution in [0.5, 0.6) is 0 Å². The van der Waals surface area contributed by atoms with Gasteiger partial charge in [-0.1, -0.05) is 25.4 Å². The van der Waals surface area contributed by atoms with Gasteiger partial charge < -0.3 is 10.0 Å². The summed E-state index contributed by atoms with van der Waals surface area (Å²) >= 11 is 7.66. The number of carbonyl (C=O) groups excluding carboxylic acids is 1. The fourth-order valence-corrected chi connectivity index (χ4v) is 3.30. The van der Waals surface area contributed by atoms with Gasteiger partial charge in [0.15, 0.2) is 0 Å². The summed E-state index contributed by atoms with van der Waals surface area (Å²) in [5.41, 5.74) is 0.645. The zero-order chi connectivity index (χ0) is 14.7. The van der Waals surface area contributed by atoms with Crippen LogP contribution in [-0.2, 0) is 0 Å². The van der Waals surface area contributed by atoms with Crippen LogP contribution in [0.4, 0.5) is 0 Å². The smallest absolute Gasteiger partial charge is 0.255 e. The van der Waals surface area contributed by atoms with Crippen molar-refractivity contribution in [3.05, 3.63) is 28.8 Å². The molecule has 0 bridgehead atoms. The van der Waals surface area contributed by atoms with Crippen LogP contribution in [0, 0.1) is 5.92 Å². The van der Waals surface area contributed by atoms with Gasteiger partial charge in [-0.25, -0.2) is 0 Å². The van der Waals surface area contributed by atoms with E-state index in [9.17, 15) is 9.90 Å². The lowest BCUT2D eigenvalue weighted by Crippen LogP contribution is -2.45. The molecule has 1 amide bonds. The van der Waals surface area contributed by atoms with Crippen molar-refractivity contribution < 1.29 is 9.90 Å². The molecule has 1 saturated heterocycles. The molecule has 20 heavy (non-hydrogen) atoms. The number of β-amino-alcohol motifs (C(OH)–C–C–N with tert-alkyl or cyclic N) is 1. The second-order valence-electron chi connectivity index (χ2n) is 5.16. The van der Waals surface area contributed by atoms with E-state index in [4.69, 9.17) is 11.6 Å². The molecular formula is C15H20ClNO2S. The monoisotopic (exact) mass is 313 g/mol. The Morgan fingerprint density at radius 2 is 2.30 bits per heavy atom. The Kier molecular flexibility index (Phi) is 5.35. The molecule has 0 aliphatic carbocycles. The van der Waals surface area contributed by atoms with Gasteiger partial charge in [0, 0.05) is 23.0 Å². The maximum atomic E-state index is 12.6. The van der Waals surface area contributed by atoms with Crippen molar-refractivity contribution >= 4 is 29.3 Å². The molecule has 2 unspecified atom stereocenters. The van der Waals surface area contributed by atoms with Crippen LogP contribution in [0.3, 0.4) is 0 Å². The van der Waals surface area contributed by atoms with E-state index in [1.807, 2.05) is 19.1 Å². The Hall–Kier alpha value is -0.710. The second kappa shape index (κ2) is 6.83. The SMILES string of the molecule is CCSc1ccc(Cl)cc1C(=O)N1CCC(C)C(O)C1. The minimum absolute atomic E-state index is 0.0330. The van der Waals surface area contributed by atoms with E-state index in [1.54, 1.807) is 22.7 Å². The van der Waals surface area contributed by atoms with Gasteiger partial charge in [0.1, 0.15) is 0 Å². The summed E-state index contributed by atoms with van der Waals surface area (Å²) in [6.07, 6.45) is 0.401. The average Bonchev–Trinajstić information content (AvgIpc) is 2.43. The third-order valence-electron chi connectivity index (χ3n) is 3.68. The molecule has 5 heteroatoms. The highest BCUT2D eigenvalue weighted by molar-refractivity contribution is 7.99. The fourth-order valence-electron chi connectivity index (χ4n) is 2.35. The minimum Gasteiger partial charge on any atom is -0.391 e. The molecule has 1 aliphatic rings. The first-order valence-corrected chi connectivity index (χ1v) is 8.29. The van der Waals surface area contributed by atoms with E-state index >= 15 is 0 Å². The van der Waals surface area contributed by atoms with Gasteiger partial charge in [-0.05, 0) is 36.3 Å². The fraction of sp³-hybridized carbons (Fsp3) is 0.533. The summed E-state index contributed by atoms with van der Waals surface area (Å²) in [6.45, 7) is 5.17. The topological polar surface area (TPSA) is 40.5 Å². The van der Waals surface area contributed by atoms with Crippen LogP contribution in [0.25, 0.3) is 0 Å². The highest BCUT2D eigenvalue weighted by atomic mass is 35.5. The maximum Gasteiger partial charge on any atom is 0.255 e. The number of aliphatic hydroxyl groups is 1. The summed E-state index contributed by atoms with van der Waals surface area (Å²) in [4.78, 5) is 15.3. The molecule has 0 spiro atoms. The first kappa shape index (κ1) is 15.7. The highest BCUT2D eigenvalue weighted by Gasteiger charge is 2.28. The first-order valence-electron chi connectivity index (χ1n) is 6.92. The molecule has 3 nitrogen and oxygen atoms in total. The molecule has 2 atom stereocenters. The largest absolute Gasteiger partial charge is 0.391 e. The van der Waals surface area contributed by atoms with Crippen molar-refractivity contribution in [3.8, 4) is 0 Å². The number of rotatable bonds is 3. The number of likely N-dealkylation sites (tertiary alicyclic amines) is 1. The number of benzene rings is 1. The number of nitrogens with zero attached hydrogens (tertiary/aromatic N) is 1. The lowest BCUT2D eigenvalue weighted by Gasteiger charge is -2.34. The van der Waals surface area contributed by atoms with Gasteiger partial charge in [-0.3, -0.25) is 4.79 Å². The van der Waals surface area contributed by atoms with Crippen LogP contribution in [-0.4, -0.2) is 40.9 Å². The molecule has 1 heterocycles. The minimum atomic E-state index is -0.436. The Balaban J connectivity index is 2.22. The summed E-state index contributed by atoms with van der Waals surface area (Å²) in [6, 6.07) is 5.43. The number of hydrogen-bond donors (Lipinski definition) is 1. The van der Waals surface area contributed by atoms with Gasteiger partial charge in [-0.2, -0.15) is 0 Å². The molecule has 0 radical (unpaired) electrons. The van der Waals surface area contributed by atoms with E-state index in [2.05, 4.69) is 6.92 Å². The zero-order valence-electron chi connectivity index (χ0n) is 11.8. The normalized spacial score (nSPS) is 22.9. The molecule has 1 aromatic carbocycles. The molecular weight excluding hydrogens is 294 g/mol. The van der Waals surface area contributed by atoms with Crippen molar-refractivity contribution in [2.24, 2.45) is 5.92 Å². The van der Waals surface area contributed by atoms with Crippen LogP contribution in [0.2, 0.25) is 5.02 Å². The number of hydrogen-bond acceptors (Lipinski definition) is 3. The molecule has 0 saturated carbocycles. The Morgan fingerprint density at radius 3 is 2.95 bits per heavy atom. The number of thioether (sulfide) groups is 1. The van der Waals surface area contributed by atoms with Crippen molar-refractivity contribution in [1.29, 1.82) is 0 Å². The Labute approximate surface area is 129 Å². The van der Waals surface area contributed by atoms with Gasteiger partial charge >= 0.3 is 0 Å². The zero-order valence-corrected chi connectivity index (χ0v) is 13.4. The van der Waals surface area contributed by atoms with Crippen molar-refractivity contribution in [2.45, 2.75) is 31.3 Å². The number of halogens is 1. The molecule has 110 valence electrons. The van der Waals surface area contributed by atoms with E-state index in [0.29, 0.717) is 23.7 Å². The average molecular weight is 314 g/mol. The molecule has 1 aliphatic heterocycles. The highest BCUT2D eigenvalue weighted by Crippen LogP contribution is 2.28. The van der Waals surface area contributed by atoms with Crippen LogP contribution < -0.4 is 0 Å². The predicted octanol–water partition coefficient (Wildman–Crippen LogP) is 3.29. The molecule has 1 N–H and O–H groups in total. The summed E-state index contributed by atoms with van der Waals surface area (Å²) in [7, 11) is 0. The Morgan fingerprint density at radius 1 is 1.55 bits per heavy atom. The number of aliphatic hydroxyl groups excluding tert-OH is 1. The predicted molar refractivity (Wildman–Crippen MR) is 83.5 cm³/mol.